The molecule has 0 N–H and O–H groups in total. The quantitative estimate of drug-likeness (QED) is 0.329. The van der Waals surface area contributed by atoms with Gasteiger partial charge in [-0.1, -0.05) is 35.0 Å². The van der Waals surface area contributed by atoms with E-state index in [1.807, 2.05) is 31.2 Å². The van der Waals surface area contributed by atoms with Crippen molar-refractivity contribution in [1.82, 2.24) is 0 Å². The number of nitrogens with zero attached hydrogens (tertiary/aromatic N) is 1. The summed E-state index contributed by atoms with van der Waals surface area (Å²) < 4.78 is 4.75. The van der Waals surface area contributed by atoms with Crippen molar-refractivity contribution in [3.05, 3.63) is 35.4 Å². The lowest BCUT2D eigenvalue weighted by atomic mass is 10.2. The van der Waals surface area contributed by atoms with E-state index in [1.54, 1.807) is 13.1 Å². The van der Waals surface area contributed by atoms with Crippen molar-refractivity contribution < 1.29 is 14.4 Å². The monoisotopic (exact) mass is 235 g/mol. The molecule has 0 spiro atoms. The number of ether oxygens (including phenoxy) is 1. The highest BCUT2D eigenvalue weighted by molar-refractivity contribution is 5.79. The number of carbonyl (C=O) groups is 1. The van der Waals surface area contributed by atoms with Crippen molar-refractivity contribution in [2.45, 2.75) is 20.3 Å². The molecule has 0 heterocycles. The summed E-state index contributed by atoms with van der Waals surface area (Å²) in [7, 11) is 0. The fourth-order valence-corrected chi connectivity index (χ4v) is 1.26. The first-order valence-electron chi connectivity index (χ1n) is 5.60. The molecule has 1 rings (SSSR count). The highest BCUT2D eigenvalue weighted by Gasteiger charge is 2.00. The molecule has 0 aliphatic rings. The lowest BCUT2D eigenvalue weighted by molar-refractivity contribution is -0.144. The van der Waals surface area contributed by atoms with E-state index in [0.29, 0.717) is 6.61 Å². The number of hydrogen-bond donors (Lipinski definition) is 0. The lowest BCUT2D eigenvalue weighted by Gasteiger charge is -2.00. The Balaban J connectivity index is 2.24. The number of rotatable bonds is 6. The highest BCUT2D eigenvalue weighted by Crippen LogP contribution is 2.01. The molecule has 0 aliphatic heterocycles. The van der Waals surface area contributed by atoms with Crippen molar-refractivity contribution >= 4 is 12.2 Å². The maximum Gasteiger partial charge on any atom is 0.309 e. The summed E-state index contributed by atoms with van der Waals surface area (Å²) in [6, 6.07) is 7.90. The average molecular weight is 235 g/mol. The largest absolute Gasteiger partial charge is 0.466 e. The topological polar surface area (TPSA) is 47.9 Å². The van der Waals surface area contributed by atoms with Gasteiger partial charge in [-0.25, -0.2) is 0 Å². The first-order valence-corrected chi connectivity index (χ1v) is 5.60. The number of aryl methyl sites for hydroxylation is 1. The number of esters is 1. The second kappa shape index (κ2) is 7.44. The van der Waals surface area contributed by atoms with Crippen LogP contribution < -0.4 is 0 Å². The van der Waals surface area contributed by atoms with Crippen LogP contribution in [0.2, 0.25) is 0 Å². The zero-order valence-corrected chi connectivity index (χ0v) is 10.2. The van der Waals surface area contributed by atoms with Crippen LogP contribution in [-0.2, 0) is 14.4 Å². The second-order valence-electron chi connectivity index (χ2n) is 3.54. The van der Waals surface area contributed by atoms with Crippen LogP contribution in [-0.4, -0.2) is 25.4 Å². The zero-order valence-electron chi connectivity index (χ0n) is 10.2. The molecule has 0 bridgehead atoms. The van der Waals surface area contributed by atoms with Crippen LogP contribution in [0.3, 0.4) is 0 Å². The summed E-state index contributed by atoms with van der Waals surface area (Å²) in [5, 5.41) is 3.78. The summed E-state index contributed by atoms with van der Waals surface area (Å²) >= 11 is 0. The van der Waals surface area contributed by atoms with Gasteiger partial charge in [-0.05, 0) is 19.4 Å². The Kier molecular flexibility index (Phi) is 5.79. The minimum absolute atomic E-state index is 0.221. The normalized spacial score (nSPS) is 10.5. The summed E-state index contributed by atoms with van der Waals surface area (Å²) in [6.07, 6.45) is 1.84. The van der Waals surface area contributed by atoms with Crippen LogP contribution >= 0.6 is 0 Å². The molecular weight excluding hydrogens is 218 g/mol. The summed E-state index contributed by atoms with van der Waals surface area (Å²) in [6.45, 7) is 4.42. The molecule has 0 saturated heterocycles. The first-order chi connectivity index (χ1) is 8.22. The predicted octanol–water partition coefficient (Wildman–Crippen LogP) is 2.30. The molecule has 0 atom stereocenters. The molecule has 0 aromatic heterocycles. The van der Waals surface area contributed by atoms with Gasteiger partial charge in [-0.15, -0.1) is 0 Å². The number of benzene rings is 1. The molecule has 1 aromatic carbocycles. The molecule has 0 aliphatic carbocycles. The van der Waals surface area contributed by atoms with Crippen molar-refractivity contribution in [3.63, 3.8) is 0 Å². The van der Waals surface area contributed by atoms with Crippen LogP contribution in [0.4, 0.5) is 0 Å². The minimum Gasteiger partial charge on any atom is -0.466 e. The number of carbonyl (C=O) groups excluding carboxylic acids is 1. The van der Waals surface area contributed by atoms with Gasteiger partial charge in [0.05, 0.1) is 19.2 Å². The molecule has 0 saturated carbocycles. The second-order valence-corrected chi connectivity index (χ2v) is 3.54. The molecule has 0 fully saturated rings. The van der Waals surface area contributed by atoms with Crippen LogP contribution in [0.5, 0.6) is 0 Å². The maximum absolute atomic E-state index is 11.0. The van der Waals surface area contributed by atoms with Crippen molar-refractivity contribution in [2.75, 3.05) is 13.2 Å². The van der Waals surface area contributed by atoms with E-state index >= 15 is 0 Å². The van der Waals surface area contributed by atoms with E-state index in [-0.39, 0.29) is 19.0 Å². The van der Waals surface area contributed by atoms with E-state index in [1.165, 1.54) is 5.56 Å². The molecule has 92 valence electrons. The van der Waals surface area contributed by atoms with Gasteiger partial charge < -0.3 is 9.57 Å². The molecule has 0 amide bonds. The van der Waals surface area contributed by atoms with E-state index in [0.717, 1.165) is 5.56 Å². The van der Waals surface area contributed by atoms with Gasteiger partial charge in [0, 0.05) is 0 Å². The van der Waals surface area contributed by atoms with Gasteiger partial charge in [0.15, 0.2) is 0 Å². The van der Waals surface area contributed by atoms with Crippen LogP contribution in [0.15, 0.2) is 29.4 Å². The van der Waals surface area contributed by atoms with E-state index in [4.69, 9.17) is 9.57 Å². The van der Waals surface area contributed by atoms with E-state index in [9.17, 15) is 4.79 Å². The predicted molar refractivity (Wildman–Crippen MR) is 66.0 cm³/mol. The standard InChI is InChI=1S/C13H17NO3/c1-3-16-13(15)7-8-17-14-10-12-6-4-5-11(2)9-12/h4-6,9-10H,3,7-8H2,1-2H3/b14-10+. The van der Waals surface area contributed by atoms with Gasteiger partial charge in [0.1, 0.15) is 6.61 Å². The first kappa shape index (κ1) is 13.2. The highest BCUT2D eigenvalue weighted by atomic mass is 16.6. The third-order valence-electron chi connectivity index (χ3n) is 2.02. The fourth-order valence-electron chi connectivity index (χ4n) is 1.26. The van der Waals surface area contributed by atoms with Crippen LogP contribution in [0, 0.1) is 6.92 Å². The lowest BCUT2D eigenvalue weighted by Crippen LogP contribution is -2.06. The fraction of sp³-hybridized carbons (Fsp3) is 0.385. The Hall–Kier alpha value is -1.84. The number of hydrogen-bond acceptors (Lipinski definition) is 4. The van der Waals surface area contributed by atoms with Crippen LogP contribution in [0.1, 0.15) is 24.5 Å². The molecule has 0 radical (unpaired) electrons. The third-order valence-corrected chi connectivity index (χ3v) is 2.02. The molecule has 0 unspecified atom stereocenters. The average Bonchev–Trinajstić information content (AvgIpc) is 2.29. The van der Waals surface area contributed by atoms with Gasteiger partial charge in [-0.3, -0.25) is 4.79 Å². The summed E-state index contributed by atoms with van der Waals surface area (Å²) in [5.41, 5.74) is 2.14. The molecular formula is C13H17NO3. The van der Waals surface area contributed by atoms with Gasteiger partial charge >= 0.3 is 5.97 Å². The minimum atomic E-state index is -0.266. The number of oxime groups is 1. The van der Waals surface area contributed by atoms with E-state index in [2.05, 4.69) is 5.16 Å². The molecule has 4 heteroatoms. The van der Waals surface area contributed by atoms with Gasteiger partial charge in [-0.2, -0.15) is 0 Å². The Bertz CT molecular complexity index is 388. The van der Waals surface area contributed by atoms with Crippen molar-refractivity contribution in [3.8, 4) is 0 Å². The Morgan fingerprint density at radius 3 is 3.00 bits per heavy atom. The van der Waals surface area contributed by atoms with Gasteiger partial charge in [0.2, 0.25) is 0 Å². The molecule has 17 heavy (non-hydrogen) atoms. The summed E-state index contributed by atoms with van der Waals surface area (Å²) in [5.74, 6) is -0.266. The summed E-state index contributed by atoms with van der Waals surface area (Å²) in [4.78, 5) is 15.9. The van der Waals surface area contributed by atoms with Crippen LogP contribution in [0.25, 0.3) is 0 Å². The molecule has 4 nitrogen and oxygen atoms in total. The smallest absolute Gasteiger partial charge is 0.309 e. The third kappa shape index (κ3) is 5.70. The SMILES string of the molecule is CCOC(=O)CCO/N=C/c1cccc(C)c1. The van der Waals surface area contributed by atoms with Crippen molar-refractivity contribution in [1.29, 1.82) is 0 Å². The Labute approximate surface area is 101 Å². The Morgan fingerprint density at radius 2 is 2.29 bits per heavy atom. The maximum atomic E-state index is 11.0. The molecule has 1 aromatic rings. The van der Waals surface area contributed by atoms with Gasteiger partial charge in [0.25, 0.3) is 0 Å². The van der Waals surface area contributed by atoms with E-state index < -0.39 is 0 Å². The Morgan fingerprint density at radius 1 is 1.47 bits per heavy atom. The van der Waals surface area contributed by atoms with Crippen molar-refractivity contribution in [2.24, 2.45) is 5.16 Å². The zero-order chi connectivity index (χ0) is 12.5.